The number of hydrogen-bond acceptors (Lipinski definition) is 3. The van der Waals surface area contributed by atoms with Crippen molar-refractivity contribution in [2.24, 2.45) is 11.7 Å². The van der Waals surface area contributed by atoms with Crippen LogP contribution >= 0.6 is 0 Å². The van der Waals surface area contributed by atoms with E-state index in [1.54, 1.807) is 7.11 Å². The number of nitrogens with two attached hydrogens (primary N) is 1. The molecule has 0 aliphatic heterocycles. The topological polar surface area (TPSA) is 44.5 Å². The molecule has 1 unspecified atom stereocenters. The van der Waals surface area contributed by atoms with Crippen LogP contribution in [0.15, 0.2) is 12.1 Å². The molecule has 106 valence electrons. The number of methoxy groups -OCH3 is 1. The van der Waals surface area contributed by atoms with Crippen LogP contribution in [0.1, 0.15) is 37.8 Å². The van der Waals surface area contributed by atoms with Gasteiger partial charge in [0, 0.05) is 6.04 Å². The van der Waals surface area contributed by atoms with Gasteiger partial charge >= 0.3 is 0 Å². The number of rotatable bonds is 7. The van der Waals surface area contributed by atoms with Crippen molar-refractivity contribution >= 4 is 0 Å². The fraction of sp³-hybridized carbons (Fsp3) is 0.625. The van der Waals surface area contributed by atoms with Gasteiger partial charge in [0.2, 0.25) is 0 Å². The van der Waals surface area contributed by atoms with Crippen LogP contribution in [-0.4, -0.2) is 19.8 Å². The molecule has 2 N–H and O–H groups in total. The van der Waals surface area contributed by atoms with Crippen molar-refractivity contribution in [1.82, 2.24) is 0 Å². The van der Waals surface area contributed by atoms with Crippen molar-refractivity contribution in [3.63, 3.8) is 0 Å². The standard InChI is InChI=1S/C16H25NO2/c1-4-13-8-15(18-3)16(19-10-12-5-6-12)9-14(13)7-11(2)17/h8-9,11-12H,4-7,10,17H2,1-3H3. The SMILES string of the molecule is CCc1cc(OC)c(OCC2CC2)cc1CC(C)N. The van der Waals surface area contributed by atoms with Crippen LogP contribution < -0.4 is 15.2 Å². The van der Waals surface area contributed by atoms with Gasteiger partial charge in [-0.25, -0.2) is 0 Å². The average molecular weight is 263 g/mol. The summed E-state index contributed by atoms with van der Waals surface area (Å²) < 4.78 is 11.4. The highest BCUT2D eigenvalue weighted by Gasteiger charge is 2.23. The summed E-state index contributed by atoms with van der Waals surface area (Å²) in [5.74, 6) is 2.45. The Kier molecular flexibility index (Phi) is 4.70. The summed E-state index contributed by atoms with van der Waals surface area (Å²) in [7, 11) is 1.70. The van der Waals surface area contributed by atoms with Gasteiger partial charge in [-0.3, -0.25) is 0 Å². The molecule has 1 saturated carbocycles. The van der Waals surface area contributed by atoms with Gasteiger partial charge in [-0.1, -0.05) is 6.92 Å². The fourth-order valence-electron chi connectivity index (χ4n) is 2.27. The van der Waals surface area contributed by atoms with E-state index in [0.717, 1.165) is 36.9 Å². The van der Waals surface area contributed by atoms with E-state index < -0.39 is 0 Å². The minimum atomic E-state index is 0.162. The van der Waals surface area contributed by atoms with Gasteiger partial charge in [-0.15, -0.1) is 0 Å². The zero-order chi connectivity index (χ0) is 13.8. The van der Waals surface area contributed by atoms with E-state index in [1.165, 1.54) is 24.0 Å². The molecule has 3 nitrogen and oxygen atoms in total. The van der Waals surface area contributed by atoms with Crippen molar-refractivity contribution < 1.29 is 9.47 Å². The zero-order valence-corrected chi connectivity index (χ0v) is 12.2. The van der Waals surface area contributed by atoms with Crippen LogP contribution in [0.25, 0.3) is 0 Å². The maximum Gasteiger partial charge on any atom is 0.161 e. The summed E-state index contributed by atoms with van der Waals surface area (Å²) in [6.07, 6.45) is 4.46. The van der Waals surface area contributed by atoms with Crippen LogP contribution in [0, 0.1) is 5.92 Å². The molecule has 0 saturated heterocycles. The molecular weight excluding hydrogens is 238 g/mol. The molecule has 0 amide bonds. The Labute approximate surface area is 116 Å². The first-order chi connectivity index (χ1) is 9.13. The minimum Gasteiger partial charge on any atom is -0.493 e. The molecule has 0 aromatic heterocycles. The van der Waals surface area contributed by atoms with E-state index in [-0.39, 0.29) is 6.04 Å². The number of aryl methyl sites for hydroxylation is 1. The normalized spacial score (nSPS) is 16.2. The maximum absolute atomic E-state index is 5.93. The molecule has 1 aliphatic carbocycles. The largest absolute Gasteiger partial charge is 0.493 e. The first-order valence-electron chi connectivity index (χ1n) is 7.22. The third kappa shape index (κ3) is 3.87. The molecule has 1 aromatic carbocycles. The Bertz CT molecular complexity index is 425. The first kappa shape index (κ1) is 14.2. The zero-order valence-electron chi connectivity index (χ0n) is 12.2. The first-order valence-corrected chi connectivity index (χ1v) is 7.22. The predicted molar refractivity (Wildman–Crippen MR) is 77.9 cm³/mol. The van der Waals surface area contributed by atoms with Gasteiger partial charge < -0.3 is 15.2 Å². The van der Waals surface area contributed by atoms with Crippen molar-refractivity contribution in [2.45, 2.75) is 45.6 Å². The van der Waals surface area contributed by atoms with E-state index in [2.05, 4.69) is 19.1 Å². The van der Waals surface area contributed by atoms with Gasteiger partial charge in [0.15, 0.2) is 11.5 Å². The van der Waals surface area contributed by atoms with E-state index in [4.69, 9.17) is 15.2 Å². The summed E-state index contributed by atoms with van der Waals surface area (Å²) in [5.41, 5.74) is 8.51. The highest BCUT2D eigenvalue weighted by molar-refractivity contribution is 5.47. The molecule has 1 fully saturated rings. The molecule has 1 atom stereocenters. The molecule has 19 heavy (non-hydrogen) atoms. The summed E-state index contributed by atoms with van der Waals surface area (Å²) in [6.45, 7) is 5.00. The lowest BCUT2D eigenvalue weighted by Gasteiger charge is -2.16. The lowest BCUT2D eigenvalue weighted by atomic mass is 9.98. The van der Waals surface area contributed by atoms with Gasteiger partial charge in [0.05, 0.1) is 13.7 Å². The second-order valence-corrected chi connectivity index (χ2v) is 5.56. The Morgan fingerprint density at radius 3 is 2.47 bits per heavy atom. The Morgan fingerprint density at radius 1 is 1.26 bits per heavy atom. The molecular formula is C16H25NO2. The summed E-state index contributed by atoms with van der Waals surface area (Å²) in [6, 6.07) is 4.37. The molecule has 0 bridgehead atoms. The van der Waals surface area contributed by atoms with Crippen molar-refractivity contribution in [3.8, 4) is 11.5 Å². The Morgan fingerprint density at radius 2 is 1.95 bits per heavy atom. The lowest BCUT2D eigenvalue weighted by Crippen LogP contribution is -2.19. The number of ether oxygens (including phenoxy) is 2. The quantitative estimate of drug-likeness (QED) is 0.822. The molecule has 3 heteroatoms. The summed E-state index contributed by atoms with van der Waals surface area (Å²) >= 11 is 0. The van der Waals surface area contributed by atoms with E-state index in [0.29, 0.717) is 0 Å². The molecule has 0 heterocycles. The monoisotopic (exact) mass is 263 g/mol. The predicted octanol–water partition coefficient (Wildman–Crippen LogP) is 2.94. The van der Waals surface area contributed by atoms with Crippen molar-refractivity contribution in [1.29, 1.82) is 0 Å². The maximum atomic E-state index is 5.93. The van der Waals surface area contributed by atoms with Crippen LogP contribution in [0.2, 0.25) is 0 Å². The van der Waals surface area contributed by atoms with Gasteiger partial charge in [-0.05, 0) is 61.8 Å². The number of hydrogen-bond donors (Lipinski definition) is 1. The van der Waals surface area contributed by atoms with Gasteiger partial charge in [0.25, 0.3) is 0 Å². The fourth-order valence-corrected chi connectivity index (χ4v) is 2.27. The highest BCUT2D eigenvalue weighted by Crippen LogP contribution is 2.35. The minimum absolute atomic E-state index is 0.162. The van der Waals surface area contributed by atoms with E-state index >= 15 is 0 Å². The summed E-state index contributed by atoms with van der Waals surface area (Å²) in [5, 5.41) is 0. The van der Waals surface area contributed by atoms with Gasteiger partial charge in [0.1, 0.15) is 0 Å². The second-order valence-electron chi connectivity index (χ2n) is 5.56. The van der Waals surface area contributed by atoms with Crippen LogP contribution in [0.4, 0.5) is 0 Å². The third-order valence-corrected chi connectivity index (χ3v) is 3.58. The van der Waals surface area contributed by atoms with Crippen LogP contribution in [-0.2, 0) is 12.8 Å². The second kappa shape index (κ2) is 6.29. The number of benzene rings is 1. The molecule has 1 aliphatic rings. The van der Waals surface area contributed by atoms with Gasteiger partial charge in [-0.2, -0.15) is 0 Å². The van der Waals surface area contributed by atoms with E-state index in [9.17, 15) is 0 Å². The lowest BCUT2D eigenvalue weighted by molar-refractivity contribution is 0.280. The highest BCUT2D eigenvalue weighted by atomic mass is 16.5. The molecule has 1 aromatic rings. The Balaban J connectivity index is 2.22. The van der Waals surface area contributed by atoms with Crippen molar-refractivity contribution in [2.75, 3.05) is 13.7 Å². The Hall–Kier alpha value is -1.22. The third-order valence-electron chi connectivity index (χ3n) is 3.58. The summed E-state index contributed by atoms with van der Waals surface area (Å²) in [4.78, 5) is 0. The molecule has 0 radical (unpaired) electrons. The van der Waals surface area contributed by atoms with Crippen LogP contribution in [0.3, 0.4) is 0 Å². The van der Waals surface area contributed by atoms with Crippen molar-refractivity contribution in [3.05, 3.63) is 23.3 Å². The molecule has 0 spiro atoms. The van der Waals surface area contributed by atoms with Crippen LogP contribution in [0.5, 0.6) is 11.5 Å². The van der Waals surface area contributed by atoms with E-state index in [1.807, 2.05) is 6.92 Å². The smallest absolute Gasteiger partial charge is 0.161 e. The molecule has 2 rings (SSSR count). The average Bonchev–Trinajstić information content (AvgIpc) is 3.19.